The van der Waals surface area contributed by atoms with Crippen molar-refractivity contribution < 1.29 is 14.3 Å². The van der Waals surface area contributed by atoms with E-state index in [4.69, 9.17) is 4.74 Å². The molecule has 6 heteroatoms. The summed E-state index contributed by atoms with van der Waals surface area (Å²) in [6.07, 6.45) is 2.24. The van der Waals surface area contributed by atoms with Gasteiger partial charge in [0.15, 0.2) is 0 Å². The first-order valence-corrected chi connectivity index (χ1v) is 7.68. The van der Waals surface area contributed by atoms with Crippen LogP contribution >= 0.6 is 11.8 Å². The molecule has 0 aromatic carbocycles. The summed E-state index contributed by atoms with van der Waals surface area (Å²) in [5.74, 6) is 0.547. The van der Waals surface area contributed by atoms with E-state index >= 15 is 0 Å². The lowest BCUT2D eigenvalue weighted by Crippen LogP contribution is -2.22. The second-order valence-corrected chi connectivity index (χ2v) is 6.20. The lowest BCUT2D eigenvalue weighted by Gasteiger charge is -2.11. The number of fused-ring (bicyclic) bond motifs is 1. The zero-order chi connectivity index (χ0) is 14.9. The number of hydrogen-bond donors (Lipinski definition) is 1. The highest BCUT2D eigenvalue weighted by molar-refractivity contribution is 7.99. The Hall–Kier alpha value is -1.43. The minimum atomic E-state index is -0.278. The van der Waals surface area contributed by atoms with E-state index in [-0.39, 0.29) is 24.0 Å². The van der Waals surface area contributed by atoms with Gasteiger partial charge in [-0.1, -0.05) is 0 Å². The van der Waals surface area contributed by atoms with Crippen LogP contribution in [0.1, 0.15) is 42.2 Å². The topological polar surface area (TPSA) is 60.3 Å². The number of carbonyl (C=O) groups excluding carboxylic acids is 2. The van der Waals surface area contributed by atoms with Gasteiger partial charge in [0.05, 0.1) is 22.7 Å². The summed E-state index contributed by atoms with van der Waals surface area (Å²) in [7, 11) is 1.64. The van der Waals surface area contributed by atoms with Crippen molar-refractivity contribution in [1.29, 1.82) is 0 Å². The summed E-state index contributed by atoms with van der Waals surface area (Å²) in [4.78, 5) is 23.7. The number of aromatic nitrogens is 1. The van der Waals surface area contributed by atoms with Gasteiger partial charge >= 0.3 is 5.97 Å². The van der Waals surface area contributed by atoms with Crippen LogP contribution in [-0.2, 0) is 9.53 Å². The van der Waals surface area contributed by atoms with E-state index in [0.717, 1.165) is 16.3 Å². The highest BCUT2D eigenvalue weighted by atomic mass is 32.2. The van der Waals surface area contributed by atoms with E-state index in [1.165, 1.54) is 0 Å². The summed E-state index contributed by atoms with van der Waals surface area (Å²) >= 11 is 1.61. The van der Waals surface area contributed by atoms with Crippen LogP contribution in [-0.4, -0.2) is 35.3 Å². The Bertz CT molecular complexity index is 537. The smallest absolute Gasteiger partial charge is 0.341 e. The number of amides is 1. The number of carbonyl (C=O) groups is 2. The van der Waals surface area contributed by atoms with Crippen molar-refractivity contribution in [2.24, 2.45) is 0 Å². The minimum Gasteiger partial charge on any atom is -0.459 e. The van der Waals surface area contributed by atoms with Crippen LogP contribution in [0.25, 0.3) is 0 Å². The minimum absolute atomic E-state index is 0.0149. The second kappa shape index (κ2) is 5.91. The number of thioether (sulfide) groups is 1. The van der Waals surface area contributed by atoms with Gasteiger partial charge < -0.3 is 14.6 Å². The van der Waals surface area contributed by atoms with Crippen LogP contribution in [0.2, 0.25) is 0 Å². The Labute approximate surface area is 123 Å². The third kappa shape index (κ3) is 2.85. The summed E-state index contributed by atoms with van der Waals surface area (Å²) in [5, 5.41) is 3.56. The molecule has 1 N–H and O–H groups in total. The molecule has 0 spiro atoms. The summed E-state index contributed by atoms with van der Waals surface area (Å²) < 4.78 is 7.33. The molecule has 1 aromatic rings. The third-order valence-electron chi connectivity index (χ3n) is 3.23. The molecular weight excluding hydrogens is 276 g/mol. The molecule has 0 saturated heterocycles. The summed E-state index contributed by atoms with van der Waals surface area (Å²) in [5.41, 5.74) is 1.54. The van der Waals surface area contributed by atoms with Gasteiger partial charge in [0, 0.05) is 25.4 Å². The van der Waals surface area contributed by atoms with Crippen LogP contribution in [0.5, 0.6) is 0 Å². The van der Waals surface area contributed by atoms with Crippen LogP contribution < -0.4 is 5.32 Å². The molecule has 110 valence electrons. The fourth-order valence-corrected chi connectivity index (χ4v) is 3.67. The fraction of sp³-hybridized carbons (Fsp3) is 0.571. The average Bonchev–Trinajstić information content (AvgIpc) is 2.87. The maximum absolute atomic E-state index is 12.2. The highest BCUT2D eigenvalue weighted by Crippen LogP contribution is 2.40. The first-order valence-electron chi connectivity index (χ1n) is 6.69. The molecule has 1 aliphatic heterocycles. The number of rotatable bonds is 4. The van der Waals surface area contributed by atoms with Gasteiger partial charge in [-0.05, 0) is 26.3 Å². The van der Waals surface area contributed by atoms with Crippen molar-refractivity contribution in [3.05, 3.63) is 17.3 Å². The predicted molar refractivity (Wildman–Crippen MR) is 78.2 cm³/mol. The molecule has 1 aliphatic rings. The van der Waals surface area contributed by atoms with E-state index in [0.29, 0.717) is 12.0 Å². The molecule has 1 amide bonds. The van der Waals surface area contributed by atoms with Gasteiger partial charge in [-0.3, -0.25) is 4.79 Å². The quantitative estimate of drug-likeness (QED) is 0.865. The SMILES string of the molecule is CNC(=O)CC1CSc2c(C(=O)OC(C)C)c(C)cn21. The number of ether oxygens (including phenoxy) is 1. The molecule has 0 saturated carbocycles. The molecule has 1 aromatic heterocycles. The number of aryl methyl sites for hydroxylation is 1. The first-order chi connectivity index (χ1) is 9.43. The molecule has 1 unspecified atom stereocenters. The normalized spacial score (nSPS) is 17.1. The van der Waals surface area contributed by atoms with Crippen LogP contribution in [0.4, 0.5) is 0 Å². The fourth-order valence-electron chi connectivity index (χ4n) is 2.30. The molecule has 1 atom stereocenters. The van der Waals surface area contributed by atoms with Crippen molar-refractivity contribution in [2.45, 2.75) is 44.4 Å². The number of nitrogens with one attached hydrogen (secondary N) is 1. The van der Waals surface area contributed by atoms with Crippen LogP contribution in [0.15, 0.2) is 11.2 Å². The van der Waals surface area contributed by atoms with E-state index in [1.54, 1.807) is 18.8 Å². The third-order valence-corrected chi connectivity index (χ3v) is 4.47. The van der Waals surface area contributed by atoms with E-state index in [2.05, 4.69) is 5.32 Å². The molecule has 5 nitrogen and oxygen atoms in total. The van der Waals surface area contributed by atoms with Gasteiger partial charge in [-0.2, -0.15) is 0 Å². The van der Waals surface area contributed by atoms with Crippen LogP contribution in [0.3, 0.4) is 0 Å². The lowest BCUT2D eigenvalue weighted by atomic mass is 10.2. The maximum Gasteiger partial charge on any atom is 0.341 e. The Kier molecular flexibility index (Phi) is 4.42. The van der Waals surface area contributed by atoms with Gasteiger partial charge in [0.25, 0.3) is 0 Å². The summed E-state index contributed by atoms with van der Waals surface area (Å²) in [6.45, 7) is 5.58. The molecule has 2 heterocycles. The largest absolute Gasteiger partial charge is 0.459 e. The number of hydrogen-bond acceptors (Lipinski definition) is 4. The maximum atomic E-state index is 12.2. The number of nitrogens with zero attached hydrogens (tertiary/aromatic N) is 1. The van der Waals surface area contributed by atoms with Crippen molar-refractivity contribution in [2.75, 3.05) is 12.8 Å². The van der Waals surface area contributed by atoms with E-state index < -0.39 is 0 Å². The second-order valence-electron chi connectivity index (χ2n) is 5.20. The predicted octanol–water partition coefficient (Wildman–Crippen LogP) is 2.14. The molecular formula is C14H20N2O3S. The Morgan fingerprint density at radius 1 is 1.55 bits per heavy atom. The first kappa shape index (κ1) is 15.0. The molecule has 0 fully saturated rings. The van der Waals surface area contributed by atoms with Gasteiger partial charge in [0.1, 0.15) is 0 Å². The Balaban J connectivity index is 2.25. The summed E-state index contributed by atoms with van der Waals surface area (Å²) in [6, 6.07) is 0.106. The van der Waals surface area contributed by atoms with E-state index in [1.807, 2.05) is 31.5 Å². The van der Waals surface area contributed by atoms with Crippen molar-refractivity contribution in [3.63, 3.8) is 0 Å². The van der Waals surface area contributed by atoms with Gasteiger partial charge in [0.2, 0.25) is 5.91 Å². The Morgan fingerprint density at radius 2 is 2.25 bits per heavy atom. The average molecular weight is 296 g/mol. The number of esters is 1. The van der Waals surface area contributed by atoms with Crippen LogP contribution in [0, 0.1) is 6.92 Å². The van der Waals surface area contributed by atoms with Crippen molar-refractivity contribution >= 4 is 23.6 Å². The zero-order valence-electron chi connectivity index (χ0n) is 12.2. The zero-order valence-corrected chi connectivity index (χ0v) is 13.0. The molecule has 0 aliphatic carbocycles. The van der Waals surface area contributed by atoms with Crippen molar-refractivity contribution in [3.8, 4) is 0 Å². The lowest BCUT2D eigenvalue weighted by molar-refractivity contribution is -0.121. The van der Waals surface area contributed by atoms with E-state index in [9.17, 15) is 9.59 Å². The molecule has 0 radical (unpaired) electrons. The van der Waals surface area contributed by atoms with Gasteiger partial charge in [-0.15, -0.1) is 11.8 Å². The van der Waals surface area contributed by atoms with Gasteiger partial charge in [-0.25, -0.2) is 4.79 Å². The molecule has 20 heavy (non-hydrogen) atoms. The molecule has 0 bridgehead atoms. The standard InChI is InChI=1S/C14H20N2O3S/c1-8(2)19-14(18)12-9(3)6-16-10(5-11(17)15-4)7-20-13(12)16/h6,8,10H,5,7H2,1-4H3,(H,15,17). The monoisotopic (exact) mass is 296 g/mol. The molecule has 2 rings (SSSR count). The Morgan fingerprint density at radius 3 is 2.85 bits per heavy atom. The van der Waals surface area contributed by atoms with Crippen molar-refractivity contribution in [1.82, 2.24) is 9.88 Å². The highest BCUT2D eigenvalue weighted by Gasteiger charge is 2.31.